The number of aryl methyl sites for hydroxylation is 1. The molecule has 0 aliphatic heterocycles. The molecule has 0 saturated carbocycles. The Morgan fingerprint density at radius 1 is 0.958 bits per heavy atom. The van der Waals surface area contributed by atoms with Gasteiger partial charge in [-0.15, -0.1) is 10.2 Å². The van der Waals surface area contributed by atoms with Gasteiger partial charge >= 0.3 is 0 Å². The molecule has 5 rings (SSSR count). The molecule has 2 amide bonds. The Balaban J connectivity index is 1.11. The van der Waals surface area contributed by atoms with Gasteiger partial charge in [-0.2, -0.15) is 4.80 Å². The van der Waals surface area contributed by atoms with Gasteiger partial charge in [0.1, 0.15) is 11.6 Å². The van der Waals surface area contributed by atoms with Crippen LogP contribution in [0.25, 0.3) is 22.5 Å². The molecule has 0 atom stereocenters. The molecule has 1 aliphatic carbocycles. The zero-order valence-corrected chi connectivity index (χ0v) is 27.5. The van der Waals surface area contributed by atoms with Crippen LogP contribution in [0, 0.1) is 0 Å². The van der Waals surface area contributed by atoms with Crippen molar-refractivity contribution in [1.82, 2.24) is 45.7 Å². The quantitative estimate of drug-likeness (QED) is 0.100. The maximum atomic E-state index is 12.1. The summed E-state index contributed by atoms with van der Waals surface area (Å²) in [6, 6.07) is 16.5. The average molecular weight is 654 g/mol. The van der Waals surface area contributed by atoms with Crippen molar-refractivity contribution in [3.8, 4) is 22.5 Å². The lowest BCUT2D eigenvalue weighted by Crippen LogP contribution is -2.35. The first-order chi connectivity index (χ1) is 23.3. The summed E-state index contributed by atoms with van der Waals surface area (Å²) in [5, 5.41) is 21.4. The molecule has 0 bridgehead atoms. The van der Waals surface area contributed by atoms with Gasteiger partial charge < -0.3 is 26.6 Å². The van der Waals surface area contributed by atoms with Crippen LogP contribution in [0.2, 0.25) is 0 Å². The molecular weight excluding hydrogens is 610 g/mol. The number of nitrogens with one attached hydrogen (secondary N) is 3. The molecule has 5 N–H and O–H groups in total. The van der Waals surface area contributed by atoms with Crippen LogP contribution in [0.4, 0.5) is 5.82 Å². The number of ketones is 1. The molecule has 14 nitrogen and oxygen atoms in total. The van der Waals surface area contributed by atoms with Crippen LogP contribution in [0.1, 0.15) is 48.3 Å². The van der Waals surface area contributed by atoms with Gasteiger partial charge in [0.2, 0.25) is 17.6 Å². The lowest BCUT2D eigenvalue weighted by atomic mass is 10.0. The zero-order valence-electron chi connectivity index (χ0n) is 27.5. The van der Waals surface area contributed by atoms with E-state index in [1.54, 1.807) is 7.05 Å². The van der Waals surface area contributed by atoms with Gasteiger partial charge in [0, 0.05) is 49.9 Å². The predicted molar refractivity (Wildman–Crippen MR) is 182 cm³/mol. The zero-order chi connectivity index (χ0) is 33.9. The van der Waals surface area contributed by atoms with Crippen molar-refractivity contribution >= 4 is 23.4 Å². The fourth-order valence-electron chi connectivity index (χ4n) is 5.60. The minimum Gasteiger partial charge on any atom is -0.369 e. The van der Waals surface area contributed by atoms with E-state index in [9.17, 15) is 14.4 Å². The molecule has 14 heteroatoms. The van der Waals surface area contributed by atoms with Crippen molar-refractivity contribution in [2.45, 2.75) is 38.5 Å². The topological polar surface area (TPSA) is 186 Å². The van der Waals surface area contributed by atoms with Crippen molar-refractivity contribution in [2.75, 3.05) is 51.6 Å². The van der Waals surface area contributed by atoms with Crippen molar-refractivity contribution in [3.63, 3.8) is 0 Å². The molecule has 0 radical (unpaired) electrons. The second kappa shape index (κ2) is 16.7. The van der Waals surface area contributed by atoms with Crippen LogP contribution in [-0.4, -0.2) is 99.0 Å². The van der Waals surface area contributed by atoms with E-state index in [1.165, 1.54) is 10.4 Å². The highest BCUT2D eigenvalue weighted by Crippen LogP contribution is 2.41. The summed E-state index contributed by atoms with van der Waals surface area (Å²) >= 11 is 0. The predicted octanol–water partition coefficient (Wildman–Crippen LogP) is 1.49. The van der Waals surface area contributed by atoms with Crippen LogP contribution < -0.4 is 21.7 Å². The molecule has 252 valence electrons. The summed E-state index contributed by atoms with van der Waals surface area (Å²) in [5.41, 5.74) is 11.6. The number of nitrogens with zero attached hydrogens (tertiary/aromatic N) is 7. The van der Waals surface area contributed by atoms with Gasteiger partial charge in [-0.1, -0.05) is 42.5 Å². The van der Waals surface area contributed by atoms with Crippen LogP contribution in [0.5, 0.6) is 0 Å². The second-order valence-electron chi connectivity index (χ2n) is 11.9. The van der Waals surface area contributed by atoms with E-state index in [1.807, 2.05) is 24.3 Å². The lowest BCUT2D eigenvalue weighted by molar-refractivity contribution is -0.126. The van der Waals surface area contributed by atoms with Gasteiger partial charge in [-0.3, -0.25) is 14.4 Å². The number of tetrazole rings is 1. The lowest BCUT2D eigenvalue weighted by Gasteiger charge is -2.18. The minimum atomic E-state index is -0.392. The highest BCUT2D eigenvalue weighted by atomic mass is 16.2. The first-order valence-electron chi connectivity index (χ1n) is 16.3. The van der Waals surface area contributed by atoms with Gasteiger partial charge in [-0.05, 0) is 60.9 Å². The highest BCUT2D eigenvalue weighted by molar-refractivity contribution is 5.89. The third-order valence-corrected chi connectivity index (χ3v) is 8.08. The standard InChI is InChI=1S/C34H43N11O3/c1-44(16-6-14-36-30(47)13-11-26(46)22-38-31(48)21-35)17-7-15-37-34-32-27-12-10-24(33-41-43-45(2)42-33)19-25(27)20-28(32)39-29(40-34)18-23-8-4-3-5-9-23/h3-5,8-10,12,19H,6-7,11,13-18,20-22,35H2,1-2H3,(H,36,47)(H,38,48)(H,37,39,40). The van der Waals surface area contributed by atoms with E-state index in [4.69, 9.17) is 15.7 Å². The van der Waals surface area contributed by atoms with Gasteiger partial charge in [-0.25, -0.2) is 9.97 Å². The van der Waals surface area contributed by atoms with Crippen LogP contribution in [0.15, 0.2) is 48.5 Å². The average Bonchev–Trinajstić information content (AvgIpc) is 3.69. The summed E-state index contributed by atoms with van der Waals surface area (Å²) < 4.78 is 0. The summed E-state index contributed by atoms with van der Waals surface area (Å²) in [6.45, 7) is 2.70. The van der Waals surface area contributed by atoms with Crippen LogP contribution in [0.3, 0.4) is 0 Å². The molecule has 4 aromatic rings. The van der Waals surface area contributed by atoms with Gasteiger partial charge in [0.15, 0.2) is 5.78 Å². The van der Waals surface area contributed by atoms with E-state index < -0.39 is 5.91 Å². The largest absolute Gasteiger partial charge is 0.369 e. The molecule has 2 aromatic heterocycles. The molecule has 0 unspecified atom stereocenters. The van der Waals surface area contributed by atoms with Gasteiger partial charge in [0.25, 0.3) is 0 Å². The summed E-state index contributed by atoms with van der Waals surface area (Å²) in [4.78, 5) is 48.7. The van der Waals surface area contributed by atoms with E-state index in [0.717, 1.165) is 72.1 Å². The Labute approximate surface area is 279 Å². The molecule has 1 aliphatic rings. The number of carbonyl (C=O) groups is 3. The number of aromatic nitrogens is 6. The number of anilines is 1. The van der Waals surface area contributed by atoms with Gasteiger partial charge in [0.05, 0.1) is 25.8 Å². The van der Waals surface area contributed by atoms with E-state index in [0.29, 0.717) is 25.2 Å². The number of rotatable bonds is 18. The van der Waals surface area contributed by atoms with Crippen LogP contribution in [-0.2, 0) is 34.3 Å². The third-order valence-electron chi connectivity index (χ3n) is 8.08. The second-order valence-corrected chi connectivity index (χ2v) is 11.9. The fourth-order valence-corrected chi connectivity index (χ4v) is 5.60. The number of nitrogens with two attached hydrogens (primary N) is 1. The number of hydrogen-bond acceptors (Lipinski definition) is 11. The van der Waals surface area contributed by atoms with Crippen LogP contribution >= 0.6 is 0 Å². The Bertz CT molecular complexity index is 1720. The van der Waals surface area contributed by atoms with E-state index in [-0.39, 0.29) is 37.6 Å². The smallest absolute Gasteiger partial charge is 0.234 e. The maximum absolute atomic E-state index is 12.1. The Morgan fingerprint density at radius 2 is 1.75 bits per heavy atom. The molecule has 0 saturated heterocycles. The summed E-state index contributed by atoms with van der Waals surface area (Å²) in [6.07, 6.45) is 3.24. The number of benzene rings is 2. The van der Waals surface area contributed by atoms with Crippen molar-refractivity contribution in [1.29, 1.82) is 0 Å². The summed E-state index contributed by atoms with van der Waals surface area (Å²) in [5.74, 6) is 1.46. The molecule has 0 spiro atoms. The maximum Gasteiger partial charge on any atom is 0.234 e. The molecular formula is C34H43N11O3. The first kappa shape index (κ1) is 34.3. The van der Waals surface area contributed by atoms with Crippen molar-refractivity contribution < 1.29 is 14.4 Å². The van der Waals surface area contributed by atoms with E-state index in [2.05, 4.69) is 67.6 Å². The highest BCUT2D eigenvalue weighted by Gasteiger charge is 2.26. The molecule has 0 fully saturated rings. The number of hydrogen-bond donors (Lipinski definition) is 4. The Hall–Kier alpha value is -5.08. The minimum absolute atomic E-state index is 0.0832. The summed E-state index contributed by atoms with van der Waals surface area (Å²) in [7, 11) is 3.82. The molecule has 48 heavy (non-hydrogen) atoms. The van der Waals surface area contributed by atoms with E-state index >= 15 is 0 Å². The fraction of sp³-hybridized carbons (Fsp3) is 0.412. The Morgan fingerprint density at radius 3 is 2.50 bits per heavy atom. The first-order valence-corrected chi connectivity index (χ1v) is 16.3. The van der Waals surface area contributed by atoms with Crippen molar-refractivity contribution in [3.05, 3.63) is 71.2 Å². The monoisotopic (exact) mass is 653 g/mol. The number of carbonyl (C=O) groups excluding carboxylic acids is 3. The third kappa shape index (κ3) is 9.48. The molecule has 2 aromatic carbocycles. The number of amides is 2. The SMILES string of the molecule is CN(CCCNC(=O)CCC(=O)CNC(=O)CN)CCCNc1nc(Cc2ccccc2)nc2c1-c1ccc(-c3nnn(C)n3)cc1C2. The normalized spacial score (nSPS) is 11.7. The molecule has 2 heterocycles. The van der Waals surface area contributed by atoms with Crippen molar-refractivity contribution in [2.24, 2.45) is 12.8 Å². The number of fused-ring (bicyclic) bond motifs is 3. The Kier molecular flexibility index (Phi) is 11.9. The number of Topliss-reactive ketones (excluding diaryl/α,β-unsaturated/α-hetero) is 1.